The number of amides is 1. The molecule has 2 aromatic heterocycles. The molecular weight excluding hydrogens is 408 g/mol. The third-order valence-corrected chi connectivity index (χ3v) is 7.17. The molecule has 0 spiro atoms. The van der Waals surface area contributed by atoms with Crippen LogP contribution in [-0.4, -0.2) is 35.1 Å². The highest BCUT2D eigenvalue weighted by Gasteiger charge is 2.26. The van der Waals surface area contributed by atoms with Gasteiger partial charge in [-0.25, -0.2) is 4.98 Å². The Balaban J connectivity index is 1.18. The van der Waals surface area contributed by atoms with Crippen molar-refractivity contribution in [2.24, 2.45) is 5.92 Å². The minimum absolute atomic E-state index is 0.114. The van der Waals surface area contributed by atoms with E-state index >= 15 is 0 Å². The van der Waals surface area contributed by atoms with E-state index in [1.165, 1.54) is 47.7 Å². The number of fused-ring (bicyclic) bond motifs is 1. The Morgan fingerprint density at radius 2 is 1.91 bits per heavy atom. The molecule has 1 amide bonds. The van der Waals surface area contributed by atoms with Crippen LogP contribution >= 0.6 is 0 Å². The lowest BCUT2D eigenvalue weighted by Gasteiger charge is -2.32. The summed E-state index contributed by atoms with van der Waals surface area (Å²) in [4.78, 5) is 19.8. The van der Waals surface area contributed by atoms with E-state index in [-0.39, 0.29) is 11.8 Å². The molecule has 1 aliphatic heterocycles. The monoisotopic (exact) mass is 442 g/mol. The predicted molar refractivity (Wildman–Crippen MR) is 134 cm³/mol. The fourth-order valence-corrected chi connectivity index (χ4v) is 5.25. The Labute approximate surface area is 196 Å². The average Bonchev–Trinajstić information content (AvgIpc) is 3.28. The van der Waals surface area contributed by atoms with E-state index in [0.29, 0.717) is 0 Å². The quantitative estimate of drug-likeness (QED) is 0.505. The van der Waals surface area contributed by atoms with Gasteiger partial charge >= 0.3 is 0 Å². The molecule has 3 aromatic rings. The number of hydrogen-bond donors (Lipinski definition) is 1. The molecule has 1 aromatic carbocycles. The predicted octanol–water partition coefficient (Wildman–Crippen LogP) is 5.31. The summed E-state index contributed by atoms with van der Waals surface area (Å²) >= 11 is 0. The number of allylic oxidation sites excluding steroid dienone is 1. The summed E-state index contributed by atoms with van der Waals surface area (Å²) in [5.41, 5.74) is 4.02. The fraction of sp³-hybridized carbons (Fsp3) is 0.429. The second kappa shape index (κ2) is 10.2. The van der Waals surface area contributed by atoms with Crippen LogP contribution in [0.15, 0.2) is 66.5 Å². The van der Waals surface area contributed by atoms with Crippen molar-refractivity contribution in [2.75, 3.05) is 24.5 Å². The van der Waals surface area contributed by atoms with Crippen LogP contribution in [0.4, 0.5) is 5.82 Å². The number of aromatic nitrogens is 2. The van der Waals surface area contributed by atoms with Gasteiger partial charge in [0.1, 0.15) is 5.82 Å². The molecule has 5 heteroatoms. The topological polar surface area (TPSA) is 50.2 Å². The Bertz CT molecular complexity index is 1110. The summed E-state index contributed by atoms with van der Waals surface area (Å²) < 4.78 is 2.29. The second-order valence-corrected chi connectivity index (χ2v) is 9.41. The zero-order chi connectivity index (χ0) is 22.5. The van der Waals surface area contributed by atoms with E-state index in [2.05, 4.69) is 69.5 Å². The van der Waals surface area contributed by atoms with Crippen LogP contribution in [0.5, 0.6) is 0 Å². The number of hydrogen-bond acceptors (Lipinski definition) is 3. The first kappa shape index (κ1) is 21.7. The van der Waals surface area contributed by atoms with Crippen molar-refractivity contribution in [3.8, 4) is 0 Å². The first-order chi connectivity index (χ1) is 16.3. The molecule has 172 valence electrons. The number of pyridine rings is 1. The van der Waals surface area contributed by atoms with Gasteiger partial charge in [0.05, 0.1) is 5.52 Å². The smallest absolute Gasteiger partial charge is 0.223 e. The fourth-order valence-electron chi connectivity index (χ4n) is 5.25. The molecule has 1 saturated heterocycles. The number of carbonyl (C=O) groups excluding carboxylic acids is 1. The molecule has 1 N–H and O–H groups in total. The molecule has 2 aliphatic rings. The molecule has 0 saturated carbocycles. The molecule has 5 rings (SSSR count). The lowest BCUT2D eigenvalue weighted by atomic mass is 9.95. The first-order valence-electron chi connectivity index (χ1n) is 12.5. The summed E-state index contributed by atoms with van der Waals surface area (Å²) in [6, 6.07) is 14.8. The van der Waals surface area contributed by atoms with Gasteiger partial charge < -0.3 is 14.8 Å². The maximum atomic E-state index is 12.7. The Kier molecular flexibility index (Phi) is 6.75. The summed E-state index contributed by atoms with van der Waals surface area (Å²) in [7, 11) is 0. The number of anilines is 1. The molecule has 1 aliphatic carbocycles. The van der Waals surface area contributed by atoms with Crippen LogP contribution in [-0.2, 0) is 11.3 Å². The summed E-state index contributed by atoms with van der Waals surface area (Å²) in [6.07, 6.45) is 14.3. The average molecular weight is 443 g/mol. The van der Waals surface area contributed by atoms with Crippen LogP contribution in [0.2, 0.25) is 0 Å². The molecule has 0 atom stereocenters. The van der Waals surface area contributed by atoms with Crippen molar-refractivity contribution < 1.29 is 4.79 Å². The second-order valence-electron chi connectivity index (χ2n) is 9.41. The highest BCUT2D eigenvalue weighted by molar-refractivity contribution is 5.91. The maximum Gasteiger partial charge on any atom is 0.223 e. The van der Waals surface area contributed by atoms with Gasteiger partial charge in [-0.05, 0) is 62.6 Å². The number of rotatable bonds is 7. The Morgan fingerprint density at radius 3 is 2.70 bits per heavy atom. The summed E-state index contributed by atoms with van der Waals surface area (Å²) in [6.45, 7) is 3.38. The molecule has 3 heterocycles. The molecular formula is C28H34N4O. The highest BCUT2D eigenvalue weighted by Crippen LogP contribution is 2.29. The molecule has 5 nitrogen and oxygen atoms in total. The van der Waals surface area contributed by atoms with E-state index in [9.17, 15) is 4.79 Å². The maximum absolute atomic E-state index is 12.7. The van der Waals surface area contributed by atoms with Crippen molar-refractivity contribution in [1.82, 2.24) is 14.9 Å². The normalized spacial score (nSPS) is 17.2. The third-order valence-electron chi connectivity index (χ3n) is 7.17. The molecule has 0 radical (unpaired) electrons. The lowest BCUT2D eigenvalue weighted by Crippen LogP contribution is -2.41. The van der Waals surface area contributed by atoms with Crippen molar-refractivity contribution in [2.45, 2.75) is 51.5 Å². The SMILES string of the molecule is O=C(NCCC1=CCCCC1)C1CCN(c2nccc3c2ccn3Cc2ccccc2)CC1. The van der Waals surface area contributed by atoms with E-state index in [1.54, 1.807) is 0 Å². The van der Waals surface area contributed by atoms with E-state index < -0.39 is 0 Å². The van der Waals surface area contributed by atoms with Gasteiger partial charge in [0.25, 0.3) is 0 Å². The van der Waals surface area contributed by atoms with Crippen molar-refractivity contribution >= 4 is 22.6 Å². The largest absolute Gasteiger partial charge is 0.356 e. The van der Waals surface area contributed by atoms with Crippen LogP contribution in [0.25, 0.3) is 10.9 Å². The summed E-state index contributed by atoms with van der Waals surface area (Å²) in [5, 5.41) is 4.38. The number of carbonyl (C=O) groups is 1. The Hall–Kier alpha value is -3.08. The van der Waals surface area contributed by atoms with Crippen molar-refractivity contribution in [3.63, 3.8) is 0 Å². The number of nitrogens with zero attached hydrogens (tertiary/aromatic N) is 3. The lowest BCUT2D eigenvalue weighted by molar-refractivity contribution is -0.125. The standard InChI is InChI=1S/C28H34N4O/c33-28(30-16-11-22-7-3-1-4-8-22)24-13-18-31(19-14-24)27-25-15-20-32(26(25)12-17-29-27)21-23-9-5-2-6-10-23/h2,5-7,9-10,12,15,17,20,24H,1,3-4,8,11,13-14,16,18-19,21H2,(H,30,33). The molecule has 0 bridgehead atoms. The molecule has 0 unspecified atom stereocenters. The summed E-state index contributed by atoms with van der Waals surface area (Å²) in [5.74, 6) is 1.39. The molecule has 33 heavy (non-hydrogen) atoms. The van der Waals surface area contributed by atoms with Gasteiger partial charge in [0.2, 0.25) is 5.91 Å². The van der Waals surface area contributed by atoms with Crippen LogP contribution in [0.3, 0.4) is 0 Å². The minimum atomic E-state index is 0.114. The van der Waals surface area contributed by atoms with Gasteiger partial charge in [0, 0.05) is 49.9 Å². The van der Waals surface area contributed by atoms with Crippen LogP contribution < -0.4 is 10.2 Å². The zero-order valence-electron chi connectivity index (χ0n) is 19.4. The highest BCUT2D eigenvalue weighted by atomic mass is 16.1. The van der Waals surface area contributed by atoms with E-state index in [1.807, 2.05) is 6.20 Å². The van der Waals surface area contributed by atoms with Crippen LogP contribution in [0, 0.1) is 5.92 Å². The van der Waals surface area contributed by atoms with Gasteiger partial charge in [0.15, 0.2) is 0 Å². The van der Waals surface area contributed by atoms with E-state index in [4.69, 9.17) is 4.98 Å². The van der Waals surface area contributed by atoms with Crippen LogP contribution in [0.1, 0.15) is 50.5 Å². The zero-order valence-corrected chi connectivity index (χ0v) is 19.4. The van der Waals surface area contributed by atoms with Gasteiger partial charge in [-0.3, -0.25) is 4.79 Å². The van der Waals surface area contributed by atoms with Gasteiger partial charge in [-0.1, -0.05) is 42.0 Å². The minimum Gasteiger partial charge on any atom is -0.356 e. The third kappa shape index (κ3) is 5.13. The van der Waals surface area contributed by atoms with Gasteiger partial charge in [-0.15, -0.1) is 0 Å². The van der Waals surface area contributed by atoms with E-state index in [0.717, 1.165) is 51.3 Å². The van der Waals surface area contributed by atoms with Crippen molar-refractivity contribution in [3.05, 3.63) is 72.1 Å². The van der Waals surface area contributed by atoms with Crippen molar-refractivity contribution in [1.29, 1.82) is 0 Å². The first-order valence-corrected chi connectivity index (χ1v) is 12.5. The number of nitrogens with one attached hydrogen (secondary N) is 1. The number of piperidine rings is 1. The number of benzene rings is 1. The molecule has 1 fully saturated rings. The van der Waals surface area contributed by atoms with Gasteiger partial charge in [-0.2, -0.15) is 0 Å². The Morgan fingerprint density at radius 1 is 1.06 bits per heavy atom.